The lowest BCUT2D eigenvalue weighted by molar-refractivity contribution is -0.117. The number of aromatic nitrogens is 1. The number of para-hydroxylation sites is 1. The van der Waals surface area contributed by atoms with Crippen LogP contribution in [0.2, 0.25) is 10.0 Å². The number of benzene rings is 3. The predicted octanol–water partition coefficient (Wildman–Crippen LogP) is 6.78. The Balaban J connectivity index is 1.64. The molecule has 1 amide bonds. The molecule has 0 aliphatic heterocycles. The monoisotopic (exact) mass is 473 g/mol. The van der Waals surface area contributed by atoms with Gasteiger partial charge in [-0.15, -0.1) is 0 Å². The van der Waals surface area contributed by atoms with Gasteiger partial charge in [0.25, 0.3) is 5.91 Å². The zero-order valence-corrected chi connectivity index (χ0v) is 19.4. The van der Waals surface area contributed by atoms with Crippen LogP contribution in [0.1, 0.15) is 29.7 Å². The van der Waals surface area contributed by atoms with Gasteiger partial charge < -0.3 is 9.88 Å². The highest BCUT2D eigenvalue weighted by atomic mass is 35.5. The van der Waals surface area contributed by atoms with E-state index in [4.69, 9.17) is 23.2 Å². The van der Waals surface area contributed by atoms with Crippen LogP contribution in [0.25, 0.3) is 17.0 Å². The summed E-state index contributed by atoms with van der Waals surface area (Å²) in [5, 5.41) is 14.6. The lowest BCUT2D eigenvalue weighted by atomic mass is 10.1. The van der Waals surface area contributed by atoms with Gasteiger partial charge in [0.2, 0.25) is 0 Å². The molecule has 1 N–H and O–H groups in total. The summed E-state index contributed by atoms with van der Waals surface area (Å²) in [5.74, 6) is -0.407. The van der Waals surface area contributed by atoms with E-state index in [0.717, 1.165) is 27.6 Å². The molecule has 0 saturated heterocycles. The van der Waals surface area contributed by atoms with Gasteiger partial charge in [0.05, 0.1) is 16.1 Å². The first-order valence-electron chi connectivity index (χ1n) is 10.5. The minimum atomic E-state index is -0.407. The lowest BCUT2D eigenvalue weighted by Crippen LogP contribution is -2.27. The lowest BCUT2D eigenvalue weighted by Gasteiger charge is -2.13. The Morgan fingerprint density at radius 2 is 1.79 bits per heavy atom. The third kappa shape index (κ3) is 5.12. The molecule has 0 spiro atoms. The fourth-order valence-electron chi connectivity index (χ4n) is 3.76. The molecule has 0 radical (unpaired) electrons. The molecule has 0 bridgehead atoms. The number of hydrogen-bond donors (Lipinski definition) is 1. The molecule has 0 aliphatic rings. The van der Waals surface area contributed by atoms with Crippen LogP contribution in [0.5, 0.6) is 0 Å². The summed E-state index contributed by atoms with van der Waals surface area (Å²) in [6.45, 7) is 2.47. The fourth-order valence-corrected chi connectivity index (χ4v) is 4.08. The normalized spacial score (nSPS) is 12.4. The van der Waals surface area contributed by atoms with Gasteiger partial charge in [-0.05, 0) is 42.3 Å². The van der Waals surface area contributed by atoms with Crippen LogP contribution in [0.3, 0.4) is 0 Å². The molecule has 0 saturated carbocycles. The largest absolute Gasteiger partial charge is 0.345 e. The summed E-state index contributed by atoms with van der Waals surface area (Å²) >= 11 is 12.2. The molecule has 164 valence electrons. The molecule has 1 heterocycles. The van der Waals surface area contributed by atoms with Gasteiger partial charge in [-0.3, -0.25) is 4.79 Å². The smallest absolute Gasteiger partial charge is 0.262 e. The highest BCUT2D eigenvalue weighted by Gasteiger charge is 2.15. The summed E-state index contributed by atoms with van der Waals surface area (Å²) < 4.78 is 2.07. The Labute approximate surface area is 202 Å². The molecule has 0 unspecified atom stereocenters. The van der Waals surface area contributed by atoms with Crippen LogP contribution in [-0.2, 0) is 11.3 Å². The van der Waals surface area contributed by atoms with E-state index in [2.05, 4.69) is 16.0 Å². The third-order valence-electron chi connectivity index (χ3n) is 5.47. The topological polar surface area (TPSA) is 57.8 Å². The van der Waals surface area contributed by atoms with Crippen LogP contribution < -0.4 is 5.32 Å². The van der Waals surface area contributed by atoms with Gasteiger partial charge in [0, 0.05) is 29.2 Å². The predicted molar refractivity (Wildman–Crippen MR) is 134 cm³/mol. The van der Waals surface area contributed by atoms with Crippen molar-refractivity contribution in [3.8, 4) is 6.07 Å². The van der Waals surface area contributed by atoms with Crippen molar-refractivity contribution in [1.29, 1.82) is 5.26 Å². The van der Waals surface area contributed by atoms with Crippen LogP contribution >= 0.6 is 23.2 Å². The second-order valence-corrected chi connectivity index (χ2v) is 8.57. The van der Waals surface area contributed by atoms with Gasteiger partial charge in [-0.1, -0.05) is 77.8 Å². The Morgan fingerprint density at radius 1 is 1.06 bits per heavy atom. The van der Waals surface area contributed by atoms with Crippen molar-refractivity contribution in [1.82, 2.24) is 9.88 Å². The number of rotatable bonds is 6. The molecule has 1 atom stereocenters. The maximum atomic E-state index is 12.8. The van der Waals surface area contributed by atoms with Gasteiger partial charge >= 0.3 is 0 Å². The maximum absolute atomic E-state index is 12.8. The van der Waals surface area contributed by atoms with Crippen molar-refractivity contribution in [3.63, 3.8) is 0 Å². The molecule has 3 aromatic carbocycles. The number of halogens is 2. The second-order valence-electron chi connectivity index (χ2n) is 7.75. The van der Waals surface area contributed by atoms with E-state index in [-0.39, 0.29) is 11.6 Å². The molecule has 4 rings (SSSR count). The summed E-state index contributed by atoms with van der Waals surface area (Å²) in [6.07, 6.45) is 3.58. The molecule has 6 heteroatoms. The van der Waals surface area contributed by atoms with E-state index in [1.54, 1.807) is 12.1 Å². The number of nitriles is 1. The Morgan fingerprint density at radius 3 is 2.52 bits per heavy atom. The van der Waals surface area contributed by atoms with Crippen molar-refractivity contribution in [3.05, 3.63) is 111 Å². The standard InChI is InChI=1S/C27H21Cl2N3O/c1-18(20-7-3-2-4-8-20)31-27(33)21(15-30)14-22-17-32(26-10-6-5-9-23(22)26)16-19-11-12-24(28)25(29)13-19/h2-14,17-18H,16H2,1H3,(H,31,33)/b21-14+/t18-/m1/s1. The van der Waals surface area contributed by atoms with E-state index < -0.39 is 5.91 Å². The number of carbonyl (C=O) groups excluding carboxylic acids is 1. The molecule has 0 fully saturated rings. The highest BCUT2D eigenvalue weighted by molar-refractivity contribution is 6.42. The molecule has 33 heavy (non-hydrogen) atoms. The number of carbonyl (C=O) groups is 1. The second kappa shape index (κ2) is 9.95. The van der Waals surface area contributed by atoms with E-state index >= 15 is 0 Å². The van der Waals surface area contributed by atoms with Crippen molar-refractivity contribution >= 4 is 46.1 Å². The van der Waals surface area contributed by atoms with Crippen molar-refractivity contribution in [2.45, 2.75) is 19.5 Å². The van der Waals surface area contributed by atoms with Crippen LogP contribution in [0.15, 0.2) is 84.6 Å². The van der Waals surface area contributed by atoms with Gasteiger partial charge in [-0.2, -0.15) is 5.26 Å². The van der Waals surface area contributed by atoms with Gasteiger partial charge in [-0.25, -0.2) is 0 Å². The summed E-state index contributed by atoms with van der Waals surface area (Å²) in [7, 11) is 0. The molecular formula is C27H21Cl2N3O. The molecule has 4 aromatic rings. The zero-order valence-electron chi connectivity index (χ0n) is 17.9. The Kier molecular flexibility index (Phi) is 6.84. The van der Waals surface area contributed by atoms with E-state index in [0.29, 0.717) is 16.6 Å². The SMILES string of the molecule is C[C@@H](NC(=O)/C(C#N)=C/c1cn(Cc2ccc(Cl)c(Cl)c2)c2ccccc12)c1ccccc1. The molecule has 1 aromatic heterocycles. The first-order valence-corrected chi connectivity index (χ1v) is 11.2. The first kappa shape index (κ1) is 22.7. The van der Waals surface area contributed by atoms with E-state index in [1.165, 1.54) is 0 Å². The number of nitrogens with zero attached hydrogens (tertiary/aromatic N) is 2. The molecule has 4 nitrogen and oxygen atoms in total. The summed E-state index contributed by atoms with van der Waals surface area (Å²) in [4.78, 5) is 12.8. The highest BCUT2D eigenvalue weighted by Crippen LogP contribution is 2.27. The quantitative estimate of drug-likeness (QED) is 0.247. The first-order chi connectivity index (χ1) is 16.0. The van der Waals surface area contributed by atoms with Crippen LogP contribution in [0.4, 0.5) is 0 Å². The Bertz CT molecular complexity index is 1380. The maximum Gasteiger partial charge on any atom is 0.262 e. The Hall–Kier alpha value is -3.52. The van der Waals surface area contributed by atoms with Crippen LogP contribution in [0, 0.1) is 11.3 Å². The van der Waals surface area contributed by atoms with E-state index in [9.17, 15) is 10.1 Å². The van der Waals surface area contributed by atoms with Crippen molar-refractivity contribution < 1.29 is 4.79 Å². The number of nitrogens with one attached hydrogen (secondary N) is 1. The van der Waals surface area contributed by atoms with Crippen LogP contribution in [-0.4, -0.2) is 10.5 Å². The van der Waals surface area contributed by atoms with Gasteiger partial charge in [0.15, 0.2) is 0 Å². The summed E-state index contributed by atoms with van der Waals surface area (Å²) in [5.41, 5.74) is 3.81. The average molecular weight is 474 g/mol. The number of amides is 1. The van der Waals surface area contributed by atoms with Crippen molar-refractivity contribution in [2.75, 3.05) is 0 Å². The zero-order chi connectivity index (χ0) is 23.4. The number of fused-ring (bicyclic) bond motifs is 1. The third-order valence-corrected chi connectivity index (χ3v) is 6.21. The molecule has 0 aliphatic carbocycles. The minimum Gasteiger partial charge on any atom is -0.345 e. The average Bonchev–Trinajstić information content (AvgIpc) is 3.17. The summed E-state index contributed by atoms with van der Waals surface area (Å²) in [6, 6.07) is 24.9. The fraction of sp³-hybridized carbons (Fsp3) is 0.111. The van der Waals surface area contributed by atoms with Crippen molar-refractivity contribution in [2.24, 2.45) is 0 Å². The molecular weight excluding hydrogens is 453 g/mol. The number of hydrogen-bond acceptors (Lipinski definition) is 2. The van der Waals surface area contributed by atoms with E-state index in [1.807, 2.05) is 79.9 Å². The minimum absolute atomic E-state index is 0.0511. The van der Waals surface area contributed by atoms with Gasteiger partial charge in [0.1, 0.15) is 11.6 Å².